The van der Waals surface area contributed by atoms with Crippen LogP contribution in [0.4, 0.5) is 15.9 Å². The predicted molar refractivity (Wildman–Crippen MR) is 175 cm³/mol. The zero-order valence-corrected chi connectivity index (χ0v) is 26.9. The van der Waals surface area contributed by atoms with Crippen molar-refractivity contribution < 1.29 is 13.9 Å². The number of piperazine rings is 1. The van der Waals surface area contributed by atoms with Gasteiger partial charge in [-0.15, -0.1) is 0 Å². The molecule has 1 amide bonds. The monoisotopic (exact) mass is 631 g/mol. The van der Waals surface area contributed by atoms with Crippen molar-refractivity contribution in [3.63, 3.8) is 0 Å². The maximum atomic E-state index is 13.9. The van der Waals surface area contributed by atoms with Crippen LogP contribution in [0.3, 0.4) is 0 Å². The Bertz CT molecular complexity index is 1660. The van der Waals surface area contributed by atoms with Crippen LogP contribution in [0.15, 0.2) is 48.8 Å². The lowest BCUT2D eigenvalue weighted by Crippen LogP contribution is -2.57. The minimum absolute atomic E-state index is 0.0622. The molecule has 0 bridgehead atoms. The number of amides is 1. The predicted octanol–water partition coefficient (Wildman–Crippen LogP) is 5.37. The number of anilines is 2. The van der Waals surface area contributed by atoms with E-state index < -0.39 is 17.8 Å². The minimum Gasteiger partial charge on any atom is -0.463 e. The Hall–Kier alpha value is -3.94. The van der Waals surface area contributed by atoms with Crippen LogP contribution in [0, 0.1) is 12.0 Å². The van der Waals surface area contributed by atoms with Crippen molar-refractivity contribution in [1.82, 2.24) is 19.8 Å². The number of hydrogen-bond donors (Lipinski definition) is 0. The molecular weight excluding hydrogens is 593 g/mol. The van der Waals surface area contributed by atoms with Gasteiger partial charge in [-0.1, -0.05) is 42.4 Å². The van der Waals surface area contributed by atoms with Crippen LogP contribution in [0.1, 0.15) is 31.0 Å². The van der Waals surface area contributed by atoms with E-state index in [0.717, 1.165) is 52.9 Å². The van der Waals surface area contributed by atoms with E-state index in [0.29, 0.717) is 49.7 Å². The highest BCUT2D eigenvalue weighted by molar-refractivity contribution is 6.36. The van der Waals surface area contributed by atoms with E-state index in [1.54, 1.807) is 0 Å². The Labute approximate surface area is 269 Å². The van der Waals surface area contributed by atoms with Gasteiger partial charge in [0.05, 0.1) is 23.9 Å². The molecular formula is C34H39ClFN7O2. The summed E-state index contributed by atoms with van der Waals surface area (Å²) in [6.07, 6.45) is 2.88. The van der Waals surface area contributed by atoms with Gasteiger partial charge in [0.2, 0.25) is 6.54 Å². The lowest BCUT2D eigenvalue weighted by Gasteiger charge is -2.41. The highest BCUT2D eigenvalue weighted by atomic mass is 35.5. The third-order valence-electron chi connectivity index (χ3n) is 9.81. The second-order valence-corrected chi connectivity index (χ2v) is 13.1. The Morgan fingerprint density at radius 2 is 1.96 bits per heavy atom. The van der Waals surface area contributed by atoms with Crippen molar-refractivity contribution in [2.45, 2.75) is 44.8 Å². The van der Waals surface area contributed by atoms with Gasteiger partial charge in [-0.2, -0.15) is 9.97 Å². The fraction of sp³-hybridized carbons (Fsp3) is 0.471. The number of nitrogens with zero attached hydrogens (tertiary/aromatic N) is 7. The Balaban J connectivity index is 1.34. The van der Waals surface area contributed by atoms with Crippen LogP contribution in [-0.2, 0) is 17.8 Å². The molecule has 0 radical (unpaired) electrons. The fourth-order valence-electron chi connectivity index (χ4n) is 6.79. The van der Waals surface area contributed by atoms with Gasteiger partial charge in [-0.05, 0) is 57.8 Å². The number of rotatable bonds is 9. The third-order valence-corrected chi connectivity index (χ3v) is 10.1. The number of aromatic nitrogens is 2. The Kier molecular flexibility index (Phi) is 8.59. The quantitative estimate of drug-likeness (QED) is 0.232. The number of halogens is 2. The molecule has 6 rings (SSSR count). The summed E-state index contributed by atoms with van der Waals surface area (Å²) in [6.45, 7) is 15.8. The number of carbonyl (C=O) groups excluding carboxylic acids is 1. The SMILES string of the molecule is [C-]#[N+]C[C@H]1CN(c2nc(OCC3([C@@H](C)N(C)C)CC3)nc3c2CCN(c2cccc4cccc(Cl)c24)C3)CCN1C(=O)C(=C)F. The molecule has 236 valence electrons. The van der Waals surface area contributed by atoms with Crippen molar-refractivity contribution in [2.75, 3.05) is 63.2 Å². The number of ether oxygens (including phenoxy) is 1. The number of hydrogen-bond acceptors (Lipinski definition) is 7. The highest BCUT2D eigenvalue weighted by Gasteiger charge is 2.49. The Morgan fingerprint density at radius 3 is 2.64 bits per heavy atom. The summed E-state index contributed by atoms with van der Waals surface area (Å²) >= 11 is 6.70. The molecule has 1 aliphatic carbocycles. The molecule has 1 aromatic heterocycles. The molecule has 45 heavy (non-hydrogen) atoms. The molecule has 2 aliphatic heterocycles. The zero-order chi connectivity index (χ0) is 31.9. The van der Waals surface area contributed by atoms with Crippen LogP contribution in [0.2, 0.25) is 5.02 Å². The van der Waals surface area contributed by atoms with E-state index in [-0.39, 0.29) is 18.5 Å². The van der Waals surface area contributed by atoms with Crippen molar-refractivity contribution in [2.24, 2.45) is 5.41 Å². The number of benzene rings is 2. The van der Waals surface area contributed by atoms with E-state index in [1.165, 1.54) is 4.90 Å². The van der Waals surface area contributed by atoms with Crippen LogP contribution in [-0.4, -0.2) is 91.2 Å². The average Bonchev–Trinajstić information content (AvgIpc) is 3.83. The summed E-state index contributed by atoms with van der Waals surface area (Å²) < 4.78 is 20.3. The molecule has 2 fully saturated rings. The van der Waals surface area contributed by atoms with Crippen molar-refractivity contribution in [3.05, 3.63) is 76.5 Å². The van der Waals surface area contributed by atoms with Gasteiger partial charge in [0.15, 0.2) is 5.83 Å². The first kappa shape index (κ1) is 31.1. The summed E-state index contributed by atoms with van der Waals surface area (Å²) in [5, 5.41) is 2.80. The molecule has 3 heterocycles. The second-order valence-electron chi connectivity index (χ2n) is 12.7. The first-order valence-corrected chi connectivity index (χ1v) is 15.8. The maximum Gasteiger partial charge on any atom is 0.318 e. The van der Waals surface area contributed by atoms with Crippen LogP contribution in [0.25, 0.3) is 15.6 Å². The number of fused-ring (bicyclic) bond motifs is 2. The van der Waals surface area contributed by atoms with Gasteiger partial charge in [0.25, 0.3) is 5.91 Å². The van der Waals surface area contributed by atoms with Gasteiger partial charge in [-0.3, -0.25) is 4.79 Å². The van der Waals surface area contributed by atoms with Gasteiger partial charge in [-0.25, -0.2) is 11.0 Å². The normalized spacial score (nSPS) is 19.7. The smallest absolute Gasteiger partial charge is 0.318 e. The molecule has 9 nitrogen and oxygen atoms in total. The van der Waals surface area contributed by atoms with Gasteiger partial charge in [0.1, 0.15) is 11.9 Å². The van der Waals surface area contributed by atoms with Gasteiger partial charge in [0, 0.05) is 54.3 Å². The molecule has 1 saturated carbocycles. The lowest BCUT2D eigenvalue weighted by molar-refractivity contribution is -0.131. The first-order valence-electron chi connectivity index (χ1n) is 15.5. The van der Waals surface area contributed by atoms with Crippen molar-refractivity contribution >= 4 is 39.8 Å². The molecule has 0 unspecified atom stereocenters. The van der Waals surface area contributed by atoms with Crippen LogP contribution in [0.5, 0.6) is 6.01 Å². The molecule has 0 N–H and O–H groups in total. The topological polar surface area (TPSA) is 69.4 Å². The van der Waals surface area contributed by atoms with E-state index in [2.05, 4.69) is 71.4 Å². The summed E-state index contributed by atoms with van der Waals surface area (Å²) in [7, 11) is 4.18. The van der Waals surface area contributed by atoms with E-state index >= 15 is 0 Å². The molecule has 3 aliphatic rings. The van der Waals surface area contributed by atoms with Crippen LogP contribution >= 0.6 is 11.6 Å². The van der Waals surface area contributed by atoms with E-state index in [9.17, 15) is 9.18 Å². The molecule has 2 aromatic carbocycles. The summed E-state index contributed by atoms with van der Waals surface area (Å²) in [4.78, 5) is 34.1. The van der Waals surface area contributed by atoms with Crippen molar-refractivity contribution in [1.29, 1.82) is 0 Å². The molecule has 1 saturated heterocycles. The second kappa shape index (κ2) is 12.5. The summed E-state index contributed by atoms with van der Waals surface area (Å²) in [6, 6.07) is 12.4. The molecule has 11 heteroatoms. The molecule has 3 aromatic rings. The van der Waals surface area contributed by atoms with E-state index in [1.807, 2.05) is 12.1 Å². The van der Waals surface area contributed by atoms with Crippen LogP contribution < -0.4 is 14.5 Å². The average molecular weight is 632 g/mol. The number of carbonyl (C=O) groups is 1. The summed E-state index contributed by atoms with van der Waals surface area (Å²) in [5.74, 6) is -1.01. The third kappa shape index (κ3) is 6.03. The van der Waals surface area contributed by atoms with Gasteiger partial charge < -0.3 is 29.2 Å². The standard InChI is InChI=1S/C34H39ClFN7O2/c1-22(36)32(44)43-17-16-42(19-25(43)18-37-3)31-26-12-15-41(29-11-7-9-24-8-6-10-27(35)30(24)29)20-28(26)38-33(39-31)45-21-34(13-14-34)23(2)40(4)5/h6-11,23,25H,1,12-21H2,2,4-5H3/t23-,25+/m1/s1. The molecule has 2 atom stereocenters. The van der Waals surface area contributed by atoms with Crippen molar-refractivity contribution in [3.8, 4) is 6.01 Å². The van der Waals surface area contributed by atoms with E-state index in [4.69, 9.17) is 32.9 Å². The zero-order valence-electron chi connectivity index (χ0n) is 26.1. The largest absolute Gasteiger partial charge is 0.463 e. The first-order chi connectivity index (χ1) is 21.6. The highest BCUT2D eigenvalue weighted by Crippen LogP contribution is 2.50. The maximum absolute atomic E-state index is 13.9. The fourth-order valence-corrected chi connectivity index (χ4v) is 7.07. The van der Waals surface area contributed by atoms with Gasteiger partial charge >= 0.3 is 6.01 Å². The minimum atomic E-state index is -1.01. The lowest BCUT2D eigenvalue weighted by atomic mass is 9.98. The summed E-state index contributed by atoms with van der Waals surface area (Å²) in [5.41, 5.74) is 3.03. The Morgan fingerprint density at radius 1 is 1.20 bits per heavy atom. The molecule has 0 spiro atoms.